The van der Waals surface area contributed by atoms with Crippen LogP contribution >= 0.6 is 0 Å². The standard InChI is InChI=1S/C19H25NO3Si/c1-23-18(22)19-11-10-16(15(12-19)13-24(2,3)4)20(19)17(21)14-8-6-5-7-9-14/h5-9,13,16H,10-12H2,1-4H3/b15-13+/t16-,19+/m0/s1. The molecule has 2 fully saturated rings. The molecule has 0 radical (unpaired) electrons. The lowest BCUT2D eigenvalue weighted by Crippen LogP contribution is -2.51. The number of ether oxygens (including phenoxy) is 1. The van der Waals surface area contributed by atoms with Gasteiger partial charge in [-0.25, -0.2) is 4.79 Å². The molecule has 3 rings (SSSR count). The highest BCUT2D eigenvalue weighted by atomic mass is 28.3. The number of hydrogen-bond donors (Lipinski definition) is 0. The van der Waals surface area contributed by atoms with Crippen molar-refractivity contribution in [3.8, 4) is 0 Å². The number of carbonyl (C=O) groups excluding carboxylic acids is 2. The summed E-state index contributed by atoms with van der Waals surface area (Å²) in [4.78, 5) is 27.6. The fourth-order valence-corrected chi connectivity index (χ4v) is 5.53. The van der Waals surface area contributed by atoms with E-state index in [9.17, 15) is 9.59 Å². The molecule has 5 heteroatoms. The van der Waals surface area contributed by atoms with Gasteiger partial charge in [-0.3, -0.25) is 4.79 Å². The molecule has 1 aromatic carbocycles. The van der Waals surface area contributed by atoms with E-state index in [0.29, 0.717) is 18.4 Å². The van der Waals surface area contributed by atoms with E-state index in [2.05, 4.69) is 25.3 Å². The molecule has 0 aliphatic carbocycles. The molecule has 2 aliphatic heterocycles. The first kappa shape index (κ1) is 17.0. The molecule has 0 spiro atoms. The highest BCUT2D eigenvalue weighted by molar-refractivity contribution is 6.81. The van der Waals surface area contributed by atoms with Crippen molar-refractivity contribution < 1.29 is 14.3 Å². The Labute approximate surface area is 144 Å². The van der Waals surface area contributed by atoms with Gasteiger partial charge in [0.1, 0.15) is 5.54 Å². The summed E-state index contributed by atoms with van der Waals surface area (Å²) in [5.41, 5.74) is 3.41. The molecule has 24 heavy (non-hydrogen) atoms. The third kappa shape index (κ3) is 2.71. The molecule has 2 heterocycles. The van der Waals surface area contributed by atoms with Crippen molar-refractivity contribution >= 4 is 20.0 Å². The summed E-state index contributed by atoms with van der Waals surface area (Å²) in [6.45, 7) is 6.83. The largest absolute Gasteiger partial charge is 0.467 e. The number of benzene rings is 1. The second-order valence-corrected chi connectivity index (χ2v) is 12.9. The molecule has 0 saturated carbocycles. The van der Waals surface area contributed by atoms with Crippen LogP contribution in [0.15, 0.2) is 41.6 Å². The molecule has 0 N–H and O–H groups in total. The van der Waals surface area contributed by atoms with Crippen LogP contribution in [0.25, 0.3) is 0 Å². The van der Waals surface area contributed by atoms with E-state index in [4.69, 9.17) is 4.74 Å². The van der Waals surface area contributed by atoms with Gasteiger partial charge in [-0.2, -0.15) is 0 Å². The fourth-order valence-electron chi connectivity index (χ4n) is 4.13. The maximum Gasteiger partial charge on any atom is 0.332 e. The summed E-state index contributed by atoms with van der Waals surface area (Å²) >= 11 is 0. The van der Waals surface area contributed by atoms with Crippen LogP contribution in [-0.2, 0) is 9.53 Å². The molecular formula is C19H25NO3Si. The average molecular weight is 343 g/mol. The van der Waals surface area contributed by atoms with Crippen LogP contribution in [0, 0.1) is 0 Å². The molecule has 2 saturated heterocycles. The molecule has 4 nitrogen and oxygen atoms in total. The Morgan fingerprint density at radius 1 is 1.25 bits per heavy atom. The first-order chi connectivity index (χ1) is 11.3. The molecule has 128 valence electrons. The van der Waals surface area contributed by atoms with E-state index in [1.54, 1.807) is 4.90 Å². The van der Waals surface area contributed by atoms with Crippen molar-refractivity contribution in [1.29, 1.82) is 0 Å². The number of hydrogen-bond acceptors (Lipinski definition) is 3. The van der Waals surface area contributed by atoms with Gasteiger partial charge in [0, 0.05) is 12.0 Å². The van der Waals surface area contributed by atoms with Gasteiger partial charge in [0.2, 0.25) is 0 Å². The second kappa shape index (κ2) is 5.88. The summed E-state index contributed by atoms with van der Waals surface area (Å²) in [5.74, 6) is -0.351. The smallest absolute Gasteiger partial charge is 0.332 e. The van der Waals surface area contributed by atoms with E-state index in [0.717, 1.165) is 6.42 Å². The number of methoxy groups -OCH3 is 1. The van der Waals surface area contributed by atoms with E-state index in [1.165, 1.54) is 12.7 Å². The van der Waals surface area contributed by atoms with Crippen molar-refractivity contribution in [2.75, 3.05) is 7.11 Å². The van der Waals surface area contributed by atoms with Crippen LogP contribution in [0.4, 0.5) is 0 Å². The number of rotatable bonds is 3. The quantitative estimate of drug-likeness (QED) is 0.624. The minimum absolute atomic E-state index is 0.0310. The maximum absolute atomic E-state index is 13.1. The van der Waals surface area contributed by atoms with Crippen LogP contribution < -0.4 is 0 Å². The summed E-state index contributed by atoms with van der Waals surface area (Å²) in [5, 5.41) is 0. The molecule has 0 unspecified atom stereocenters. The molecule has 2 atom stereocenters. The first-order valence-corrected chi connectivity index (χ1v) is 12.0. The molecular weight excluding hydrogens is 318 g/mol. The minimum Gasteiger partial charge on any atom is -0.467 e. The number of esters is 1. The first-order valence-electron chi connectivity index (χ1n) is 8.47. The Morgan fingerprint density at radius 2 is 1.92 bits per heavy atom. The van der Waals surface area contributed by atoms with E-state index in [-0.39, 0.29) is 17.9 Å². The van der Waals surface area contributed by atoms with E-state index >= 15 is 0 Å². The summed E-state index contributed by atoms with van der Waals surface area (Å²) < 4.78 is 5.10. The van der Waals surface area contributed by atoms with Crippen molar-refractivity contribution in [3.05, 3.63) is 47.2 Å². The number of fused-ring (bicyclic) bond motifs is 2. The maximum atomic E-state index is 13.1. The van der Waals surface area contributed by atoms with Crippen LogP contribution in [0.1, 0.15) is 29.6 Å². The van der Waals surface area contributed by atoms with Gasteiger partial charge in [-0.1, -0.05) is 49.1 Å². The summed E-state index contributed by atoms with van der Waals surface area (Å²) in [6.07, 6.45) is 2.14. The van der Waals surface area contributed by atoms with Crippen molar-refractivity contribution in [2.45, 2.75) is 50.5 Å². The third-order valence-corrected chi connectivity index (χ3v) is 6.19. The molecule has 2 aliphatic rings. The van der Waals surface area contributed by atoms with Crippen LogP contribution in [0.2, 0.25) is 19.6 Å². The predicted molar refractivity (Wildman–Crippen MR) is 96.4 cm³/mol. The monoisotopic (exact) mass is 343 g/mol. The van der Waals surface area contributed by atoms with Crippen molar-refractivity contribution in [1.82, 2.24) is 4.90 Å². The highest BCUT2D eigenvalue weighted by Gasteiger charge is 2.61. The Morgan fingerprint density at radius 3 is 2.50 bits per heavy atom. The molecule has 1 aromatic rings. The van der Waals surface area contributed by atoms with E-state index in [1.807, 2.05) is 30.3 Å². The van der Waals surface area contributed by atoms with Crippen molar-refractivity contribution in [3.63, 3.8) is 0 Å². The third-order valence-electron chi connectivity index (χ3n) is 4.95. The highest BCUT2D eigenvalue weighted by Crippen LogP contribution is 2.51. The predicted octanol–water partition coefficient (Wildman–Crippen LogP) is 3.41. The Balaban J connectivity index is 2.04. The van der Waals surface area contributed by atoms with Gasteiger partial charge < -0.3 is 9.64 Å². The molecule has 2 bridgehead atoms. The minimum atomic E-state index is -1.43. The van der Waals surface area contributed by atoms with Crippen molar-refractivity contribution in [2.24, 2.45) is 0 Å². The molecule has 0 aromatic heterocycles. The lowest BCUT2D eigenvalue weighted by Gasteiger charge is -2.31. The Bertz CT molecular complexity index is 692. The van der Waals surface area contributed by atoms with Crippen LogP contribution in [0.3, 0.4) is 0 Å². The number of amides is 1. The van der Waals surface area contributed by atoms with E-state index < -0.39 is 13.6 Å². The van der Waals surface area contributed by atoms with Gasteiger partial charge in [-0.15, -0.1) is 0 Å². The fraction of sp³-hybridized carbons (Fsp3) is 0.474. The lowest BCUT2D eigenvalue weighted by atomic mass is 9.85. The van der Waals surface area contributed by atoms with Gasteiger partial charge in [-0.05, 0) is 25.0 Å². The zero-order valence-corrected chi connectivity index (χ0v) is 15.8. The Hall–Kier alpha value is -1.88. The average Bonchev–Trinajstić information content (AvgIpc) is 3.06. The summed E-state index contributed by atoms with van der Waals surface area (Å²) in [7, 11) is -0.0209. The second-order valence-electron chi connectivity index (χ2n) is 7.88. The van der Waals surface area contributed by atoms with Gasteiger partial charge in [0.25, 0.3) is 5.91 Å². The molecule has 1 amide bonds. The van der Waals surface area contributed by atoms with Gasteiger partial charge >= 0.3 is 5.97 Å². The SMILES string of the molecule is COC(=O)[C@@]12CC[C@@H](/C(=C/[Si](C)(C)C)C1)N2C(=O)c1ccccc1. The topological polar surface area (TPSA) is 46.6 Å². The van der Waals surface area contributed by atoms with Crippen LogP contribution in [-0.4, -0.2) is 43.5 Å². The number of carbonyl (C=O) groups is 2. The normalized spacial score (nSPS) is 27.6. The number of nitrogens with zero attached hydrogens (tertiary/aromatic N) is 1. The van der Waals surface area contributed by atoms with Crippen LogP contribution in [0.5, 0.6) is 0 Å². The Kier molecular flexibility index (Phi) is 4.16. The zero-order chi connectivity index (χ0) is 17.5. The zero-order valence-electron chi connectivity index (χ0n) is 14.8. The van der Waals surface area contributed by atoms with Gasteiger partial charge in [0.15, 0.2) is 0 Å². The summed E-state index contributed by atoms with van der Waals surface area (Å²) in [6, 6.07) is 9.26. The van der Waals surface area contributed by atoms with Gasteiger partial charge in [0.05, 0.1) is 21.2 Å². The lowest BCUT2D eigenvalue weighted by molar-refractivity contribution is -0.151.